The van der Waals surface area contributed by atoms with Crippen molar-refractivity contribution in [3.8, 4) is 0 Å². The van der Waals surface area contributed by atoms with Gasteiger partial charge in [-0.2, -0.15) is 0 Å². The van der Waals surface area contributed by atoms with Crippen LogP contribution in [0.15, 0.2) is 25.3 Å². The first-order valence-electron chi connectivity index (χ1n) is 8.48. The molecule has 1 aliphatic rings. The van der Waals surface area contributed by atoms with Gasteiger partial charge in [-0.3, -0.25) is 9.69 Å². The summed E-state index contributed by atoms with van der Waals surface area (Å²) >= 11 is 0. The standard InChI is InChI=1S/C18H33N3O.2ClH/c1-5-10-21(11-6-2)17(14(3)4)13-20-18(22)15-8-7-9-16(19)12-15;;/h5-6,14-17H,1-2,7-13,19H2,3-4H3,(H,20,22);2*1H. The number of carbonyl (C=O) groups excluding carboxylic acids is 1. The molecule has 0 bridgehead atoms. The van der Waals surface area contributed by atoms with Gasteiger partial charge in [0.25, 0.3) is 0 Å². The molecular weight excluding hydrogens is 345 g/mol. The smallest absolute Gasteiger partial charge is 0.223 e. The van der Waals surface area contributed by atoms with Gasteiger partial charge in [0.2, 0.25) is 5.91 Å². The topological polar surface area (TPSA) is 58.4 Å². The molecule has 0 aliphatic heterocycles. The molecule has 0 aromatic heterocycles. The molecule has 1 rings (SSSR count). The first kappa shape index (κ1) is 25.7. The van der Waals surface area contributed by atoms with E-state index in [2.05, 4.69) is 37.2 Å². The molecule has 0 aromatic rings. The maximum absolute atomic E-state index is 12.4. The molecule has 6 heteroatoms. The third-order valence-corrected chi connectivity index (χ3v) is 4.54. The van der Waals surface area contributed by atoms with E-state index in [1.807, 2.05) is 12.2 Å². The molecule has 1 aliphatic carbocycles. The van der Waals surface area contributed by atoms with Gasteiger partial charge in [-0.25, -0.2) is 0 Å². The van der Waals surface area contributed by atoms with Crippen molar-refractivity contribution in [2.75, 3.05) is 19.6 Å². The van der Waals surface area contributed by atoms with Crippen LogP contribution in [0.1, 0.15) is 39.5 Å². The van der Waals surface area contributed by atoms with Crippen LogP contribution in [0.25, 0.3) is 0 Å². The van der Waals surface area contributed by atoms with Crippen molar-refractivity contribution in [3.63, 3.8) is 0 Å². The number of nitrogens with two attached hydrogens (primary N) is 1. The molecule has 1 fully saturated rings. The third-order valence-electron chi connectivity index (χ3n) is 4.54. The van der Waals surface area contributed by atoms with Crippen LogP contribution >= 0.6 is 24.8 Å². The summed E-state index contributed by atoms with van der Waals surface area (Å²) in [4.78, 5) is 14.7. The van der Waals surface area contributed by atoms with E-state index < -0.39 is 0 Å². The Labute approximate surface area is 160 Å². The van der Waals surface area contributed by atoms with Crippen molar-refractivity contribution < 1.29 is 4.79 Å². The highest BCUT2D eigenvalue weighted by molar-refractivity contribution is 5.85. The predicted molar refractivity (Wildman–Crippen MR) is 108 cm³/mol. The summed E-state index contributed by atoms with van der Waals surface area (Å²) in [5, 5.41) is 3.15. The highest BCUT2D eigenvalue weighted by Gasteiger charge is 2.27. The molecule has 1 saturated carbocycles. The minimum absolute atomic E-state index is 0. The zero-order valence-corrected chi connectivity index (χ0v) is 16.7. The SMILES string of the molecule is C=CCN(CC=C)C(CNC(=O)C1CCCC(N)C1)C(C)C.Cl.Cl. The molecule has 24 heavy (non-hydrogen) atoms. The second-order valence-electron chi connectivity index (χ2n) is 6.71. The van der Waals surface area contributed by atoms with Crippen LogP contribution in [0.5, 0.6) is 0 Å². The van der Waals surface area contributed by atoms with Gasteiger partial charge in [0.1, 0.15) is 0 Å². The monoisotopic (exact) mass is 379 g/mol. The van der Waals surface area contributed by atoms with E-state index in [-0.39, 0.29) is 48.7 Å². The van der Waals surface area contributed by atoms with Gasteiger partial charge >= 0.3 is 0 Å². The number of rotatable bonds is 9. The molecule has 0 aromatic carbocycles. The number of nitrogens with zero attached hydrogens (tertiary/aromatic N) is 1. The summed E-state index contributed by atoms with van der Waals surface area (Å²) in [5.74, 6) is 0.704. The van der Waals surface area contributed by atoms with Gasteiger partial charge in [-0.1, -0.05) is 32.4 Å². The zero-order chi connectivity index (χ0) is 16.5. The molecule has 0 radical (unpaired) electrons. The molecule has 4 nitrogen and oxygen atoms in total. The second-order valence-corrected chi connectivity index (χ2v) is 6.71. The first-order valence-corrected chi connectivity index (χ1v) is 8.48. The largest absolute Gasteiger partial charge is 0.354 e. The number of nitrogens with one attached hydrogen (secondary N) is 1. The van der Waals surface area contributed by atoms with Gasteiger partial charge in [-0.15, -0.1) is 38.0 Å². The quantitative estimate of drug-likeness (QED) is 0.604. The Bertz CT molecular complexity index is 367. The summed E-state index contributed by atoms with van der Waals surface area (Å²) in [6, 6.07) is 0.473. The lowest BCUT2D eigenvalue weighted by Crippen LogP contribution is -2.48. The fraction of sp³-hybridized carbons (Fsp3) is 0.722. The van der Waals surface area contributed by atoms with Crippen molar-refractivity contribution in [1.82, 2.24) is 10.2 Å². The average Bonchev–Trinajstić information content (AvgIpc) is 2.47. The number of halogens is 2. The van der Waals surface area contributed by atoms with Crippen LogP contribution < -0.4 is 11.1 Å². The van der Waals surface area contributed by atoms with Gasteiger partial charge in [0.05, 0.1) is 0 Å². The third kappa shape index (κ3) is 8.52. The summed E-state index contributed by atoms with van der Waals surface area (Å²) < 4.78 is 0. The number of hydrogen-bond donors (Lipinski definition) is 2. The minimum atomic E-state index is 0. The fourth-order valence-corrected chi connectivity index (χ4v) is 3.28. The Morgan fingerprint density at radius 2 is 1.83 bits per heavy atom. The first-order chi connectivity index (χ1) is 10.5. The molecule has 0 heterocycles. The summed E-state index contributed by atoms with van der Waals surface area (Å²) in [6.45, 7) is 14.3. The normalized spacial score (nSPS) is 21.4. The minimum Gasteiger partial charge on any atom is -0.354 e. The van der Waals surface area contributed by atoms with Crippen molar-refractivity contribution in [1.29, 1.82) is 0 Å². The molecule has 3 unspecified atom stereocenters. The summed E-state index contributed by atoms with van der Waals surface area (Å²) in [5.41, 5.74) is 5.98. The Morgan fingerprint density at radius 3 is 2.29 bits per heavy atom. The average molecular weight is 380 g/mol. The fourth-order valence-electron chi connectivity index (χ4n) is 3.28. The van der Waals surface area contributed by atoms with Gasteiger partial charge in [0.15, 0.2) is 0 Å². The second kappa shape index (κ2) is 13.7. The lowest BCUT2D eigenvalue weighted by molar-refractivity contribution is -0.126. The van der Waals surface area contributed by atoms with E-state index in [0.29, 0.717) is 12.5 Å². The lowest BCUT2D eigenvalue weighted by Gasteiger charge is -2.34. The predicted octanol–water partition coefficient (Wildman–Crippen LogP) is 3.16. The van der Waals surface area contributed by atoms with Crippen LogP contribution in [0, 0.1) is 11.8 Å². The Balaban J connectivity index is 0. The van der Waals surface area contributed by atoms with Crippen LogP contribution in [-0.4, -0.2) is 42.5 Å². The maximum Gasteiger partial charge on any atom is 0.223 e. The molecule has 3 atom stereocenters. The van der Waals surface area contributed by atoms with Crippen molar-refractivity contribution in [3.05, 3.63) is 25.3 Å². The van der Waals surface area contributed by atoms with Crippen molar-refractivity contribution >= 4 is 30.7 Å². The number of carbonyl (C=O) groups is 1. The summed E-state index contributed by atoms with van der Waals surface area (Å²) in [6.07, 6.45) is 7.70. The maximum atomic E-state index is 12.4. The highest BCUT2D eigenvalue weighted by atomic mass is 35.5. The van der Waals surface area contributed by atoms with Gasteiger partial charge in [-0.05, 0) is 25.2 Å². The van der Waals surface area contributed by atoms with Crippen molar-refractivity contribution in [2.24, 2.45) is 17.6 Å². The Hall–Kier alpha value is -0.550. The molecule has 0 saturated heterocycles. The number of hydrogen-bond acceptors (Lipinski definition) is 3. The van der Waals surface area contributed by atoms with E-state index in [4.69, 9.17) is 5.73 Å². The van der Waals surface area contributed by atoms with E-state index >= 15 is 0 Å². The molecule has 3 N–H and O–H groups in total. The van der Waals surface area contributed by atoms with E-state index in [0.717, 1.165) is 38.8 Å². The number of amides is 1. The Morgan fingerprint density at radius 1 is 1.25 bits per heavy atom. The van der Waals surface area contributed by atoms with Crippen LogP contribution in [-0.2, 0) is 4.79 Å². The zero-order valence-electron chi connectivity index (χ0n) is 15.1. The molecule has 0 spiro atoms. The molecular formula is C18H35Cl2N3O. The van der Waals surface area contributed by atoms with Crippen molar-refractivity contribution in [2.45, 2.75) is 51.6 Å². The Kier molecular flexibility index (Phi) is 14.7. The lowest BCUT2D eigenvalue weighted by atomic mass is 9.85. The highest BCUT2D eigenvalue weighted by Crippen LogP contribution is 2.23. The van der Waals surface area contributed by atoms with Crippen LogP contribution in [0.4, 0.5) is 0 Å². The van der Waals surface area contributed by atoms with Gasteiger partial charge < -0.3 is 11.1 Å². The molecule has 142 valence electrons. The van der Waals surface area contributed by atoms with E-state index in [9.17, 15) is 4.79 Å². The summed E-state index contributed by atoms with van der Waals surface area (Å²) in [7, 11) is 0. The van der Waals surface area contributed by atoms with E-state index in [1.165, 1.54) is 0 Å². The van der Waals surface area contributed by atoms with Crippen LogP contribution in [0.3, 0.4) is 0 Å². The molecule has 1 amide bonds. The van der Waals surface area contributed by atoms with Gasteiger partial charge in [0, 0.05) is 37.6 Å². The van der Waals surface area contributed by atoms with E-state index in [1.54, 1.807) is 0 Å². The van der Waals surface area contributed by atoms with Crippen LogP contribution in [0.2, 0.25) is 0 Å².